The summed E-state index contributed by atoms with van der Waals surface area (Å²) in [5, 5.41) is 0. The van der Waals surface area contributed by atoms with Crippen LogP contribution in [0.2, 0.25) is 0 Å². The van der Waals surface area contributed by atoms with Crippen LogP contribution in [0.3, 0.4) is 0 Å². The number of rotatable bonds is 2. The van der Waals surface area contributed by atoms with Gasteiger partial charge in [0.1, 0.15) is 0 Å². The van der Waals surface area contributed by atoms with E-state index in [9.17, 15) is 0 Å². The Balaban J connectivity index is 2.47. The minimum atomic E-state index is 0.428. The molecule has 1 fully saturated rings. The van der Waals surface area contributed by atoms with Crippen LogP contribution in [-0.4, -0.2) is 6.04 Å². The van der Waals surface area contributed by atoms with Gasteiger partial charge in [0.05, 0.1) is 0 Å². The number of allylic oxidation sites excluding steroid dienone is 1. The van der Waals surface area contributed by atoms with E-state index in [-0.39, 0.29) is 0 Å². The third-order valence-corrected chi connectivity index (χ3v) is 2.92. The molecule has 0 bridgehead atoms. The molecule has 0 aromatic carbocycles. The predicted octanol–water partition coefficient (Wildman–Crippen LogP) is 2.33. The maximum atomic E-state index is 6.01. The first kappa shape index (κ1) is 8.79. The molecule has 0 aliphatic heterocycles. The van der Waals surface area contributed by atoms with Crippen LogP contribution < -0.4 is 5.73 Å². The third-order valence-electron chi connectivity index (χ3n) is 2.92. The van der Waals surface area contributed by atoms with Gasteiger partial charge in [-0.05, 0) is 24.7 Å². The summed E-state index contributed by atoms with van der Waals surface area (Å²) in [5.41, 5.74) is 6.01. The van der Waals surface area contributed by atoms with E-state index in [4.69, 9.17) is 5.73 Å². The molecular formula is C10H19N. The predicted molar refractivity (Wildman–Crippen MR) is 49.3 cm³/mol. The Hall–Kier alpha value is -0.300. The van der Waals surface area contributed by atoms with Crippen molar-refractivity contribution in [2.75, 3.05) is 0 Å². The quantitative estimate of drug-likeness (QED) is 0.605. The summed E-state index contributed by atoms with van der Waals surface area (Å²) in [7, 11) is 0. The summed E-state index contributed by atoms with van der Waals surface area (Å²) in [4.78, 5) is 0. The average molecular weight is 153 g/mol. The molecule has 1 heteroatoms. The van der Waals surface area contributed by atoms with Crippen LogP contribution in [0.1, 0.15) is 32.6 Å². The highest BCUT2D eigenvalue weighted by Crippen LogP contribution is 2.31. The molecule has 0 amide bonds. The van der Waals surface area contributed by atoms with Crippen LogP contribution in [-0.2, 0) is 0 Å². The highest BCUT2D eigenvalue weighted by molar-refractivity contribution is 4.86. The molecule has 1 nitrogen and oxygen atoms in total. The molecular weight excluding hydrogens is 134 g/mol. The molecule has 1 aliphatic carbocycles. The summed E-state index contributed by atoms with van der Waals surface area (Å²) >= 11 is 0. The van der Waals surface area contributed by atoms with Crippen molar-refractivity contribution < 1.29 is 0 Å². The van der Waals surface area contributed by atoms with Gasteiger partial charge in [-0.1, -0.05) is 25.8 Å². The van der Waals surface area contributed by atoms with Gasteiger partial charge in [-0.2, -0.15) is 0 Å². The molecule has 1 rings (SSSR count). The molecule has 0 spiro atoms. The van der Waals surface area contributed by atoms with Crippen LogP contribution in [0.4, 0.5) is 0 Å². The molecule has 0 aromatic rings. The van der Waals surface area contributed by atoms with E-state index in [0.717, 1.165) is 12.3 Å². The topological polar surface area (TPSA) is 26.0 Å². The van der Waals surface area contributed by atoms with E-state index in [0.29, 0.717) is 12.0 Å². The first-order valence-corrected chi connectivity index (χ1v) is 4.62. The van der Waals surface area contributed by atoms with Gasteiger partial charge in [0.2, 0.25) is 0 Å². The average Bonchev–Trinajstić information content (AvgIpc) is 1.97. The maximum Gasteiger partial charge on any atom is 0.00726 e. The smallest absolute Gasteiger partial charge is 0.00726 e. The monoisotopic (exact) mass is 153 g/mol. The van der Waals surface area contributed by atoms with Crippen molar-refractivity contribution in [2.24, 2.45) is 17.6 Å². The Morgan fingerprint density at radius 2 is 2.27 bits per heavy atom. The van der Waals surface area contributed by atoms with Crippen molar-refractivity contribution in [3.8, 4) is 0 Å². The summed E-state index contributed by atoms with van der Waals surface area (Å²) in [6, 6.07) is 0.428. The van der Waals surface area contributed by atoms with Crippen molar-refractivity contribution in [1.29, 1.82) is 0 Å². The Labute approximate surface area is 69.7 Å². The molecule has 0 aromatic heterocycles. The molecule has 0 saturated heterocycles. The van der Waals surface area contributed by atoms with E-state index in [1.807, 2.05) is 6.08 Å². The summed E-state index contributed by atoms with van der Waals surface area (Å²) < 4.78 is 0. The van der Waals surface area contributed by atoms with Gasteiger partial charge in [0.15, 0.2) is 0 Å². The molecule has 0 radical (unpaired) electrons. The minimum absolute atomic E-state index is 0.428. The number of hydrogen-bond donors (Lipinski definition) is 1. The Bertz CT molecular complexity index is 121. The number of nitrogens with two attached hydrogens (primary N) is 1. The lowest BCUT2D eigenvalue weighted by molar-refractivity contribution is 0.222. The van der Waals surface area contributed by atoms with Gasteiger partial charge >= 0.3 is 0 Å². The highest BCUT2D eigenvalue weighted by Gasteiger charge is 2.26. The Kier molecular flexibility index (Phi) is 3.13. The van der Waals surface area contributed by atoms with Gasteiger partial charge in [0.25, 0.3) is 0 Å². The zero-order valence-corrected chi connectivity index (χ0v) is 7.42. The highest BCUT2D eigenvalue weighted by atomic mass is 14.7. The van der Waals surface area contributed by atoms with E-state index in [2.05, 4.69) is 13.5 Å². The van der Waals surface area contributed by atoms with Crippen molar-refractivity contribution in [1.82, 2.24) is 0 Å². The van der Waals surface area contributed by atoms with E-state index in [1.165, 1.54) is 19.3 Å². The summed E-state index contributed by atoms with van der Waals surface area (Å²) in [6.07, 6.45) is 6.99. The molecule has 1 aliphatic rings. The molecule has 0 heterocycles. The summed E-state index contributed by atoms with van der Waals surface area (Å²) in [5.74, 6) is 1.50. The van der Waals surface area contributed by atoms with Gasteiger partial charge in [-0.15, -0.1) is 6.58 Å². The molecule has 11 heavy (non-hydrogen) atoms. The summed E-state index contributed by atoms with van der Waals surface area (Å²) in [6.45, 7) is 6.08. The first-order valence-electron chi connectivity index (χ1n) is 4.62. The van der Waals surface area contributed by atoms with Crippen LogP contribution in [0.25, 0.3) is 0 Å². The fourth-order valence-corrected chi connectivity index (χ4v) is 2.13. The van der Waals surface area contributed by atoms with Gasteiger partial charge in [0, 0.05) is 6.04 Å². The lowest BCUT2D eigenvalue weighted by atomic mass is 9.75. The molecule has 64 valence electrons. The van der Waals surface area contributed by atoms with Crippen molar-refractivity contribution in [3.05, 3.63) is 12.7 Å². The maximum absolute atomic E-state index is 6.01. The van der Waals surface area contributed by atoms with Crippen LogP contribution in [0.5, 0.6) is 0 Å². The van der Waals surface area contributed by atoms with E-state index < -0.39 is 0 Å². The lowest BCUT2D eigenvalue weighted by Crippen LogP contribution is -2.37. The van der Waals surface area contributed by atoms with Crippen molar-refractivity contribution in [2.45, 2.75) is 38.6 Å². The second kappa shape index (κ2) is 3.91. The molecule has 2 N–H and O–H groups in total. The lowest BCUT2D eigenvalue weighted by Gasteiger charge is -2.33. The van der Waals surface area contributed by atoms with Crippen LogP contribution in [0.15, 0.2) is 12.7 Å². The second-order valence-corrected chi connectivity index (χ2v) is 3.76. The minimum Gasteiger partial charge on any atom is -0.327 e. The van der Waals surface area contributed by atoms with Crippen molar-refractivity contribution >= 4 is 0 Å². The fourth-order valence-electron chi connectivity index (χ4n) is 2.13. The Morgan fingerprint density at radius 3 is 2.82 bits per heavy atom. The molecule has 1 saturated carbocycles. The third kappa shape index (κ3) is 2.06. The SMILES string of the molecule is C=CCC1C(C)CCCC1N. The van der Waals surface area contributed by atoms with Crippen LogP contribution in [0, 0.1) is 11.8 Å². The largest absolute Gasteiger partial charge is 0.327 e. The first-order chi connectivity index (χ1) is 5.25. The van der Waals surface area contributed by atoms with E-state index >= 15 is 0 Å². The van der Waals surface area contributed by atoms with Crippen molar-refractivity contribution in [3.63, 3.8) is 0 Å². The normalized spacial score (nSPS) is 38.5. The second-order valence-electron chi connectivity index (χ2n) is 3.76. The van der Waals surface area contributed by atoms with Gasteiger partial charge < -0.3 is 5.73 Å². The fraction of sp³-hybridized carbons (Fsp3) is 0.800. The standard InChI is InChI=1S/C10H19N/c1-3-5-9-8(2)6-4-7-10(9)11/h3,8-10H,1,4-7,11H2,2H3. The molecule has 3 unspecified atom stereocenters. The zero-order chi connectivity index (χ0) is 8.27. The molecule has 3 atom stereocenters. The van der Waals surface area contributed by atoms with E-state index in [1.54, 1.807) is 0 Å². The van der Waals surface area contributed by atoms with Crippen LogP contribution >= 0.6 is 0 Å². The van der Waals surface area contributed by atoms with Gasteiger partial charge in [-0.25, -0.2) is 0 Å². The van der Waals surface area contributed by atoms with Gasteiger partial charge in [-0.3, -0.25) is 0 Å². The Morgan fingerprint density at radius 1 is 1.55 bits per heavy atom. The zero-order valence-electron chi connectivity index (χ0n) is 7.42. The number of hydrogen-bond acceptors (Lipinski definition) is 1.